The first-order valence-corrected chi connectivity index (χ1v) is 13.0. The highest BCUT2D eigenvalue weighted by atomic mass is 35.5. The molecule has 9 nitrogen and oxygen atoms in total. The minimum Gasteiger partial charge on any atom is -0.493 e. The van der Waals surface area contributed by atoms with E-state index in [-0.39, 0.29) is 36.9 Å². The maximum atomic E-state index is 13.9. The number of hydrogen-bond donors (Lipinski definition) is 3. The van der Waals surface area contributed by atoms with Crippen molar-refractivity contribution in [3.63, 3.8) is 0 Å². The van der Waals surface area contributed by atoms with E-state index < -0.39 is 42.4 Å². The van der Waals surface area contributed by atoms with Crippen LogP contribution in [0.2, 0.25) is 0 Å². The number of amides is 3. The van der Waals surface area contributed by atoms with Gasteiger partial charge in [-0.3, -0.25) is 19.3 Å². The second-order valence-electron chi connectivity index (χ2n) is 10.4. The summed E-state index contributed by atoms with van der Waals surface area (Å²) in [6, 6.07) is 4.78. The predicted molar refractivity (Wildman–Crippen MR) is 140 cm³/mol. The molecule has 3 N–H and O–H groups in total. The number of halogens is 3. The molecule has 2 fully saturated rings. The lowest BCUT2D eigenvalue weighted by atomic mass is 10.00. The van der Waals surface area contributed by atoms with Crippen LogP contribution in [0.15, 0.2) is 24.3 Å². The smallest absolute Gasteiger partial charge is 0.257 e. The van der Waals surface area contributed by atoms with Crippen LogP contribution >= 0.6 is 12.4 Å². The molecule has 1 aromatic carbocycles. The summed E-state index contributed by atoms with van der Waals surface area (Å²) in [7, 11) is 1.62. The lowest BCUT2D eigenvalue weighted by Crippen LogP contribution is -2.62. The molecule has 0 aliphatic carbocycles. The summed E-state index contributed by atoms with van der Waals surface area (Å²) in [5, 5.41) is 8.68. The summed E-state index contributed by atoms with van der Waals surface area (Å²) in [5.74, 6) is -3.26. The number of alkyl halides is 2. The first-order chi connectivity index (χ1) is 17.6. The van der Waals surface area contributed by atoms with Crippen molar-refractivity contribution in [1.29, 1.82) is 0 Å². The fourth-order valence-electron chi connectivity index (χ4n) is 5.53. The van der Waals surface area contributed by atoms with Crippen molar-refractivity contribution in [1.82, 2.24) is 25.8 Å². The van der Waals surface area contributed by atoms with Crippen LogP contribution in [0.1, 0.15) is 51.1 Å². The van der Waals surface area contributed by atoms with Gasteiger partial charge in [0.25, 0.3) is 5.92 Å². The van der Waals surface area contributed by atoms with Gasteiger partial charge in [0, 0.05) is 38.0 Å². The van der Waals surface area contributed by atoms with Gasteiger partial charge in [0.1, 0.15) is 17.8 Å². The van der Waals surface area contributed by atoms with Crippen LogP contribution in [-0.4, -0.2) is 90.9 Å². The Kier molecular flexibility index (Phi) is 9.94. The van der Waals surface area contributed by atoms with E-state index in [1.807, 2.05) is 24.3 Å². The van der Waals surface area contributed by atoms with E-state index in [0.717, 1.165) is 18.2 Å². The van der Waals surface area contributed by atoms with Gasteiger partial charge < -0.3 is 25.6 Å². The number of benzene rings is 1. The number of fused-ring (bicyclic) bond motifs is 2. The normalized spacial score (nSPS) is 26.6. The molecular formula is C26H38ClF2N5O4. The minimum absolute atomic E-state index is 0. The van der Waals surface area contributed by atoms with E-state index in [4.69, 9.17) is 4.74 Å². The largest absolute Gasteiger partial charge is 0.493 e. The Morgan fingerprint density at radius 1 is 1.13 bits per heavy atom. The number of nitrogens with one attached hydrogen (secondary N) is 3. The summed E-state index contributed by atoms with van der Waals surface area (Å²) in [4.78, 5) is 43.1. The van der Waals surface area contributed by atoms with Gasteiger partial charge in [0.15, 0.2) is 0 Å². The molecule has 0 saturated carbocycles. The van der Waals surface area contributed by atoms with Crippen molar-refractivity contribution in [3.8, 4) is 5.75 Å². The van der Waals surface area contributed by atoms with Crippen molar-refractivity contribution < 1.29 is 27.9 Å². The van der Waals surface area contributed by atoms with E-state index in [9.17, 15) is 23.2 Å². The maximum absolute atomic E-state index is 13.9. The van der Waals surface area contributed by atoms with Gasteiger partial charge in [0.2, 0.25) is 17.7 Å². The molecule has 4 rings (SSSR count). The van der Waals surface area contributed by atoms with Gasteiger partial charge in [-0.15, -0.1) is 12.4 Å². The zero-order valence-electron chi connectivity index (χ0n) is 22.0. The molecular weight excluding hydrogens is 520 g/mol. The first kappa shape index (κ1) is 30.0. The number of rotatable bonds is 7. The highest BCUT2D eigenvalue weighted by Crippen LogP contribution is 2.34. The molecule has 2 saturated heterocycles. The van der Waals surface area contributed by atoms with Crippen LogP contribution in [0.5, 0.6) is 5.75 Å². The second kappa shape index (κ2) is 12.6. The number of likely N-dealkylation sites (N-methyl/N-ethyl adjacent to an activating group) is 1. The standard InChI is InChI=1S/C26H37F2N5O4.ClH/c1-16(29-3)23(34)31-20-14-32(15-26(2,27)28)12-10-17-8-9-21(33(17)25(20)36)24(35)30-19-11-13-37-22-7-5-4-6-18(19)22;/h4-7,16-17,19-21,29H,8-15H2,1-3H3,(H,30,35)(H,31,34);1H/t16-,17+,19+,20-,21-;/m0./s1. The van der Waals surface area contributed by atoms with E-state index in [1.54, 1.807) is 18.9 Å². The molecule has 0 spiro atoms. The maximum Gasteiger partial charge on any atom is 0.257 e. The Morgan fingerprint density at radius 2 is 1.87 bits per heavy atom. The minimum atomic E-state index is -2.94. The monoisotopic (exact) mass is 557 g/mol. The van der Waals surface area contributed by atoms with Crippen molar-refractivity contribution in [2.45, 2.75) is 75.7 Å². The van der Waals surface area contributed by atoms with E-state index >= 15 is 0 Å². The van der Waals surface area contributed by atoms with Gasteiger partial charge in [0.05, 0.1) is 25.2 Å². The highest BCUT2D eigenvalue weighted by molar-refractivity contribution is 5.94. The van der Waals surface area contributed by atoms with Crippen molar-refractivity contribution >= 4 is 30.1 Å². The molecule has 3 aliphatic heterocycles. The summed E-state index contributed by atoms with van der Waals surface area (Å²) < 4.78 is 33.5. The first-order valence-electron chi connectivity index (χ1n) is 13.0. The summed E-state index contributed by atoms with van der Waals surface area (Å²) >= 11 is 0. The third-order valence-corrected chi connectivity index (χ3v) is 7.50. The molecule has 5 atom stereocenters. The van der Waals surface area contributed by atoms with E-state index in [2.05, 4.69) is 16.0 Å². The van der Waals surface area contributed by atoms with Gasteiger partial charge in [-0.05, 0) is 39.3 Å². The molecule has 0 aromatic heterocycles. The average Bonchev–Trinajstić information content (AvgIpc) is 3.28. The molecule has 0 radical (unpaired) electrons. The molecule has 212 valence electrons. The van der Waals surface area contributed by atoms with Crippen molar-refractivity contribution in [2.24, 2.45) is 0 Å². The van der Waals surface area contributed by atoms with E-state index in [0.29, 0.717) is 38.8 Å². The highest BCUT2D eigenvalue weighted by Gasteiger charge is 2.46. The zero-order valence-corrected chi connectivity index (χ0v) is 22.9. The Hall–Kier alpha value is -2.50. The predicted octanol–water partition coefficient (Wildman–Crippen LogP) is 1.86. The average molecular weight is 558 g/mol. The number of ether oxygens (including phenoxy) is 1. The van der Waals surface area contributed by atoms with Crippen LogP contribution in [0.3, 0.4) is 0 Å². The number of hydrogen-bond acceptors (Lipinski definition) is 6. The fraction of sp³-hybridized carbons (Fsp3) is 0.654. The molecule has 3 heterocycles. The number of nitrogens with zero attached hydrogens (tertiary/aromatic N) is 2. The quantitative estimate of drug-likeness (QED) is 0.473. The number of carbonyl (C=O) groups is 3. The Bertz CT molecular complexity index is 1010. The van der Waals surface area contributed by atoms with Crippen LogP contribution in [-0.2, 0) is 14.4 Å². The van der Waals surface area contributed by atoms with Crippen LogP contribution in [0.4, 0.5) is 8.78 Å². The molecule has 3 aliphatic rings. The topological polar surface area (TPSA) is 103 Å². The number of carbonyl (C=O) groups excluding carboxylic acids is 3. The Balaban J connectivity index is 0.00000400. The van der Waals surface area contributed by atoms with Crippen LogP contribution in [0, 0.1) is 0 Å². The van der Waals surface area contributed by atoms with Crippen molar-refractivity contribution in [3.05, 3.63) is 29.8 Å². The van der Waals surface area contributed by atoms with Crippen LogP contribution in [0.25, 0.3) is 0 Å². The summed E-state index contributed by atoms with van der Waals surface area (Å²) in [5.41, 5.74) is 0.901. The van der Waals surface area contributed by atoms with Gasteiger partial charge in [-0.25, -0.2) is 8.78 Å². The fourth-order valence-corrected chi connectivity index (χ4v) is 5.53. The third kappa shape index (κ3) is 6.92. The second-order valence-corrected chi connectivity index (χ2v) is 10.4. The molecule has 38 heavy (non-hydrogen) atoms. The third-order valence-electron chi connectivity index (χ3n) is 7.50. The summed E-state index contributed by atoms with van der Waals surface area (Å²) in [6.07, 6.45) is 2.18. The van der Waals surface area contributed by atoms with Crippen molar-refractivity contribution in [2.75, 3.05) is 33.3 Å². The molecule has 0 bridgehead atoms. The lowest BCUT2D eigenvalue weighted by molar-refractivity contribution is -0.146. The van der Waals surface area contributed by atoms with Gasteiger partial charge in [-0.2, -0.15) is 0 Å². The SMILES string of the molecule is CN[C@@H](C)C(=O)N[C@H]1CN(CC(C)(F)F)CC[C@H]2CC[C@@H](C(=O)N[C@@H]3CCOc4ccccc43)N2C1=O.Cl. The van der Waals surface area contributed by atoms with Gasteiger partial charge >= 0.3 is 0 Å². The Morgan fingerprint density at radius 3 is 2.58 bits per heavy atom. The van der Waals surface area contributed by atoms with Gasteiger partial charge in [-0.1, -0.05) is 18.2 Å². The molecule has 0 unspecified atom stereocenters. The van der Waals surface area contributed by atoms with Crippen LogP contribution < -0.4 is 20.7 Å². The molecule has 3 amide bonds. The number of para-hydroxylation sites is 1. The zero-order chi connectivity index (χ0) is 26.7. The molecule has 12 heteroatoms. The lowest BCUT2D eigenvalue weighted by Gasteiger charge is -2.39. The van der Waals surface area contributed by atoms with E-state index in [1.165, 1.54) is 4.90 Å². The summed E-state index contributed by atoms with van der Waals surface area (Å²) in [6.45, 7) is 2.77. The molecule has 1 aromatic rings. The Labute approximate surface area is 228 Å².